The fourth-order valence-electron chi connectivity index (χ4n) is 2.29. The van der Waals surface area contributed by atoms with Crippen molar-refractivity contribution in [2.45, 2.75) is 5.16 Å². The normalized spacial score (nSPS) is 10.7. The van der Waals surface area contributed by atoms with Gasteiger partial charge in [0.15, 0.2) is 5.82 Å². The first-order valence-electron chi connectivity index (χ1n) is 8.07. The zero-order chi connectivity index (χ0) is 18.5. The van der Waals surface area contributed by atoms with Crippen LogP contribution < -0.4 is 5.32 Å². The molecular weight excluding hydrogens is 380 g/mol. The predicted octanol–water partition coefficient (Wildman–Crippen LogP) is 3.72. The molecule has 2 aromatic carbocycles. The molecule has 0 saturated heterocycles. The number of carbonyl (C=O) groups is 1. The van der Waals surface area contributed by atoms with Gasteiger partial charge < -0.3 is 0 Å². The van der Waals surface area contributed by atoms with Crippen molar-refractivity contribution in [3.8, 4) is 22.0 Å². The number of nitrogens with zero attached hydrogens (tertiary/aromatic N) is 4. The first kappa shape index (κ1) is 17.4. The van der Waals surface area contributed by atoms with Gasteiger partial charge in [-0.1, -0.05) is 83.8 Å². The standard InChI is InChI=1S/C18H14N6OS2/c25-14(19-18-24-22-16(27-18)13-9-5-2-6-10-13)11-26-17-20-15(21-23-17)12-7-3-1-4-8-12/h1-10H,11H2,(H,19,24,25)(H,20,21,23). The molecule has 7 nitrogen and oxygen atoms in total. The second-order valence-electron chi connectivity index (χ2n) is 5.45. The van der Waals surface area contributed by atoms with Gasteiger partial charge >= 0.3 is 0 Å². The molecule has 0 fully saturated rings. The van der Waals surface area contributed by atoms with Crippen LogP contribution in [0.3, 0.4) is 0 Å². The molecule has 9 heteroatoms. The third-order valence-corrected chi connectivity index (χ3v) is 5.27. The molecular formula is C18H14N6OS2. The van der Waals surface area contributed by atoms with Gasteiger partial charge in [-0.25, -0.2) is 4.98 Å². The summed E-state index contributed by atoms with van der Waals surface area (Å²) in [5.41, 5.74) is 1.92. The zero-order valence-corrected chi connectivity index (χ0v) is 15.6. The maximum atomic E-state index is 12.1. The minimum atomic E-state index is -0.179. The number of aromatic nitrogens is 5. The van der Waals surface area contributed by atoms with Crippen molar-refractivity contribution in [3.63, 3.8) is 0 Å². The smallest absolute Gasteiger partial charge is 0.236 e. The largest absolute Gasteiger partial charge is 0.300 e. The Hall–Kier alpha value is -3.04. The molecule has 0 unspecified atom stereocenters. The van der Waals surface area contributed by atoms with E-state index in [1.54, 1.807) is 0 Å². The van der Waals surface area contributed by atoms with Crippen molar-refractivity contribution in [2.75, 3.05) is 11.1 Å². The van der Waals surface area contributed by atoms with Gasteiger partial charge in [0.1, 0.15) is 5.01 Å². The Morgan fingerprint density at radius 3 is 2.44 bits per heavy atom. The van der Waals surface area contributed by atoms with Crippen LogP contribution in [0.25, 0.3) is 22.0 Å². The van der Waals surface area contributed by atoms with Crippen LogP contribution in [0, 0.1) is 0 Å². The Labute approximate surface area is 163 Å². The Morgan fingerprint density at radius 2 is 1.70 bits per heavy atom. The molecule has 2 N–H and O–H groups in total. The molecule has 4 rings (SSSR count). The van der Waals surface area contributed by atoms with E-state index in [0.717, 1.165) is 16.1 Å². The van der Waals surface area contributed by atoms with Gasteiger partial charge in [0.2, 0.25) is 16.2 Å². The van der Waals surface area contributed by atoms with E-state index < -0.39 is 0 Å². The molecule has 0 aliphatic rings. The van der Waals surface area contributed by atoms with Gasteiger partial charge in [0.25, 0.3) is 0 Å². The van der Waals surface area contributed by atoms with E-state index in [4.69, 9.17) is 0 Å². The number of amides is 1. The molecule has 0 aliphatic heterocycles. The van der Waals surface area contributed by atoms with Gasteiger partial charge in [-0.15, -0.1) is 15.3 Å². The predicted molar refractivity (Wildman–Crippen MR) is 107 cm³/mol. The number of H-pyrrole nitrogens is 1. The third-order valence-electron chi connectivity index (χ3n) is 3.54. The first-order chi connectivity index (χ1) is 13.3. The minimum Gasteiger partial charge on any atom is -0.300 e. The summed E-state index contributed by atoms with van der Waals surface area (Å²) in [5.74, 6) is 0.684. The minimum absolute atomic E-state index is 0.179. The molecule has 134 valence electrons. The molecule has 0 bridgehead atoms. The maximum absolute atomic E-state index is 12.1. The second kappa shape index (κ2) is 8.11. The van der Waals surface area contributed by atoms with Crippen LogP contribution in [0.15, 0.2) is 65.8 Å². The summed E-state index contributed by atoms with van der Waals surface area (Å²) in [6, 6.07) is 19.4. The van der Waals surface area contributed by atoms with E-state index in [9.17, 15) is 4.79 Å². The molecule has 2 heterocycles. The number of nitrogens with one attached hydrogen (secondary N) is 2. The highest BCUT2D eigenvalue weighted by Gasteiger charge is 2.12. The van der Waals surface area contributed by atoms with E-state index >= 15 is 0 Å². The summed E-state index contributed by atoms with van der Waals surface area (Å²) in [6.45, 7) is 0. The van der Waals surface area contributed by atoms with Crippen LogP contribution in [-0.2, 0) is 4.79 Å². The van der Waals surface area contributed by atoms with Crippen molar-refractivity contribution >= 4 is 34.1 Å². The molecule has 0 aliphatic carbocycles. The number of rotatable bonds is 6. The monoisotopic (exact) mass is 394 g/mol. The number of aromatic amines is 1. The lowest BCUT2D eigenvalue weighted by molar-refractivity contribution is -0.113. The van der Waals surface area contributed by atoms with Crippen LogP contribution in [0.4, 0.5) is 5.13 Å². The maximum Gasteiger partial charge on any atom is 0.236 e. The Morgan fingerprint density at radius 1 is 1.00 bits per heavy atom. The van der Waals surface area contributed by atoms with E-state index in [1.165, 1.54) is 23.1 Å². The van der Waals surface area contributed by atoms with Crippen LogP contribution in [-0.4, -0.2) is 37.0 Å². The van der Waals surface area contributed by atoms with E-state index in [2.05, 4.69) is 30.7 Å². The average molecular weight is 394 g/mol. The second-order valence-corrected chi connectivity index (χ2v) is 7.37. The fourth-order valence-corrected chi connectivity index (χ4v) is 3.66. The lowest BCUT2D eigenvalue weighted by Crippen LogP contribution is -2.13. The molecule has 0 spiro atoms. The lowest BCUT2D eigenvalue weighted by atomic mass is 10.2. The lowest BCUT2D eigenvalue weighted by Gasteiger charge is -1.98. The summed E-state index contributed by atoms with van der Waals surface area (Å²) in [5, 5.41) is 19.7. The molecule has 0 radical (unpaired) electrons. The Bertz CT molecular complexity index is 1030. The summed E-state index contributed by atoms with van der Waals surface area (Å²) < 4.78 is 0. The summed E-state index contributed by atoms with van der Waals surface area (Å²) >= 11 is 2.59. The Kier molecular flexibility index (Phi) is 5.22. The van der Waals surface area contributed by atoms with Crippen molar-refractivity contribution in [2.24, 2.45) is 0 Å². The van der Waals surface area contributed by atoms with Gasteiger partial charge in [0, 0.05) is 11.1 Å². The van der Waals surface area contributed by atoms with Crippen molar-refractivity contribution in [1.29, 1.82) is 0 Å². The number of anilines is 1. The molecule has 0 atom stereocenters. The van der Waals surface area contributed by atoms with Crippen LogP contribution in [0.1, 0.15) is 0 Å². The first-order valence-corrected chi connectivity index (χ1v) is 9.87. The highest BCUT2D eigenvalue weighted by atomic mass is 32.2. The molecule has 2 aromatic heterocycles. The topological polar surface area (TPSA) is 96.5 Å². The van der Waals surface area contributed by atoms with Gasteiger partial charge in [-0.2, -0.15) is 0 Å². The molecule has 0 saturated carbocycles. The number of carbonyl (C=O) groups excluding carboxylic acids is 1. The van der Waals surface area contributed by atoms with Gasteiger partial charge in [-0.3, -0.25) is 15.2 Å². The molecule has 1 amide bonds. The number of hydrogen-bond acceptors (Lipinski definition) is 7. The SMILES string of the molecule is O=C(CSc1n[nH]c(-c2ccccc2)n1)Nc1nnc(-c2ccccc2)s1. The summed E-state index contributed by atoms with van der Waals surface area (Å²) in [7, 11) is 0. The number of benzene rings is 2. The van der Waals surface area contributed by atoms with E-state index in [-0.39, 0.29) is 11.7 Å². The third kappa shape index (κ3) is 4.39. The van der Waals surface area contributed by atoms with E-state index in [1.807, 2.05) is 60.7 Å². The average Bonchev–Trinajstić information content (AvgIpc) is 3.37. The highest BCUT2D eigenvalue weighted by Crippen LogP contribution is 2.26. The fraction of sp³-hybridized carbons (Fsp3) is 0.0556. The summed E-state index contributed by atoms with van der Waals surface area (Å²) in [6.07, 6.45) is 0. The molecule has 4 aromatic rings. The van der Waals surface area contributed by atoms with Crippen LogP contribution >= 0.6 is 23.1 Å². The van der Waals surface area contributed by atoms with Crippen molar-refractivity contribution in [1.82, 2.24) is 25.4 Å². The van der Waals surface area contributed by atoms with E-state index in [0.29, 0.717) is 16.1 Å². The van der Waals surface area contributed by atoms with Crippen LogP contribution in [0.2, 0.25) is 0 Å². The Balaban J connectivity index is 1.33. The summed E-state index contributed by atoms with van der Waals surface area (Å²) in [4.78, 5) is 16.5. The number of thioether (sulfide) groups is 1. The van der Waals surface area contributed by atoms with Gasteiger partial charge in [0.05, 0.1) is 5.75 Å². The van der Waals surface area contributed by atoms with Gasteiger partial charge in [-0.05, 0) is 0 Å². The van der Waals surface area contributed by atoms with Crippen molar-refractivity contribution < 1.29 is 4.79 Å². The molecule has 27 heavy (non-hydrogen) atoms. The van der Waals surface area contributed by atoms with Crippen LogP contribution in [0.5, 0.6) is 0 Å². The van der Waals surface area contributed by atoms with Crippen molar-refractivity contribution in [3.05, 3.63) is 60.7 Å². The highest BCUT2D eigenvalue weighted by molar-refractivity contribution is 7.99. The number of hydrogen-bond donors (Lipinski definition) is 2. The zero-order valence-electron chi connectivity index (χ0n) is 14.0. The quantitative estimate of drug-likeness (QED) is 0.484.